The minimum Gasteiger partial charge on any atom is -0.488 e. The van der Waals surface area contributed by atoms with Gasteiger partial charge in [-0.15, -0.1) is 0 Å². The van der Waals surface area contributed by atoms with E-state index in [1.807, 2.05) is 6.07 Å². The van der Waals surface area contributed by atoms with Gasteiger partial charge in [0, 0.05) is 20.6 Å². The van der Waals surface area contributed by atoms with Crippen LogP contribution in [-0.4, -0.2) is 23.3 Å². The van der Waals surface area contributed by atoms with Crippen molar-refractivity contribution in [3.8, 4) is 5.75 Å². The normalized spacial score (nSPS) is 15.2. The molecule has 1 aromatic heterocycles. The number of rotatable bonds is 7. The Bertz CT molecular complexity index is 1920. The molecule has 3 aromatic carbocycles. The van der Waals surface area contributed by atoms with Crippen LogP contribution in [0.2, 0.25) is 15.1 Å². The predicted molar refractivity (Wildman–Crippen MR) is 159 cm³/mol. The number of alkyl halides is 3. The number of esters is 1. The van der Waals surface area contributed by atoms with Gasteiger partial charge in [-0.3, -0.25) is 9.36 Å². The standard InChI is InChI=1S/C30H20Cl3F3N2O4S/c1-2-41-28(40)24-25(17-6-8-19(31)9-7-17)38-27(39)23(43-29(38)37-26(24)30(34,35)36)14-18-13-21(33)10-11-22(18)42-15-16-4-3-5-20(32)12-16/h3-14,25H,2,15H2,1H3/b23-14-/t25-/m0/s1. The largest absolute Gasteiger partial charge is 0.488 e. The van der Waals surface area contributed by atoms with Gasteiger partial charge in [0.15, 0.2) is 10.5 Å². The van der Waals surface area contributed by atoms with Gasteiger partial charge in [0.1, 0.15) is 12.4 Å². The second-order valence-electron chi connectivity index (χ2n) is 9.22. The summed E-state index contributed by atoms with van der Waals surface area (Å²) in [6.45, 7) is 1.44. The summed E-state index contributed by atoms with van der Waals surface area (Å²) in [7, 11) is 0. The Labute approximate surface area is 261 Å². The van der Waals surface area contributed by atoms with Gasteiger partial charge in [-0.05, 0) is 66.6 Å². The van der Waals surface area contributed by atoms with Crippen LogP contribution in [0, 0.1) is 0 Å². The van der Waals surface area contributed by atoms with E-state index in [-0.39, 0.29) is 28.1 Å². The maximum atomic E-state index is 14.3. The van der Waals surface area contributed by atoms with Gasteiger partial charge in [-0.2, -0.15) is 13.2 Å². The topological polar surface area (TPSA) is 69.9 Å². The third-order valence-corrected chi connectivity index (χ3v) is 8.03. The van der Waals surface area contributed by atoms with E-state index < -0.39 is 35.0 Å². The first-order valence-corrected chi connectivity index (χ1v) is 14.6. The number of carbonyl (C=O) groups excluding carboxylic acids is 1. The van der Waals surface area contributed by atoms with Crippen LogP contribution in [0.5, 0.6) is 5.75 Å². The number of fused-ring (bicyclic) bond motifs is 1. The number of carbonyl (C=O) groups is 1. The highest BCUT2D eigenvalue weighted by molar-refractivity contribution is 7.07. The second-order valence-corrected chi connectivity index (χ2v) is 11.5. The Hall–Kier alpha value is -3.57. The lowest BCUT2D eigenvalue weighted by Gasteiger charge is -2.26. The van der Waals surface area contributed by atoms with E-state index >= 15 is 0 Å². The lowest BCUT2D eigenvalue weighted by Crippen LogP contribution is -2.41. The van der Waals surface area contributed by atoms with Gasteiger partial charge in [-0.25, -0.2) is 9.79 Å². The molecule has 0 amide bonds. The molecule has 6 nitrogen and oxygen atoms in total. The fourth-order valence-electron chi connectivity index (χ4n) is 4.49. The summed E-state index contributed by atoms with van der Waals surface area (Å²) in [5.41, 5.74) is -1.50. The second kappa shape index (κ2) is 12.6. The molecule has 0 saturated heterocycles. The molecule has 0 N–H and O–H groups in total. The molecule has 43 heavy (non-hydrogen) atoms. The maximum Gasteiger partial charge on any atom is 0.434 e. The molecule has 2 heterocycles. The molecule has 4 aromatic rings. The molecule has 0 unspecified atom stereocenters. The number of hydrogen-bond acceptors (Lipinski definition) is 6. The zero-order chi connectivity index (χ0) is 30.9. The van der Waals surface area contributed by atoms with Crippen LogP contribution in [0.25, 0.3) is 6.08 Å². The fourth-order valence-corrected chi connectivity index (χ4v) is 6.00. The van der Waals surface area contributed by atoms with Crippen molar-refractivity contribution in [2.45, 2.75) is 25.7 Å². The van der Waals surface area contributed by atoms with Crippen molar-refractivity contribution in [3.05, 3.63) is 129 Å². The number of hydrogen-bond donors (Lipinski definition) is 0. The Morgan fingerprint density at radius 2 is 1.72 bits per heavy atom. The monoisotopic (exact) mass is 666 g/mol. The molecule has 222 valence electrons. The lowest BCUT2D eigenvalue weighted by molar-refractivity contribution is -0.140. The molecule has 1 atom stereocenters. The molecule has 5 rings (SSSR count). The Kier molecular flexibility index (Phi) is 9.03. The van der Waals surface area contributed by atoms with E-state index in [9.17, 15) is 22.8 Å². The van der Waals surface area contributed by atoms with Gasteiger partial charge in [0.25, 0.3) is 5.56 Å². The van der Waals surface area contributed by atoms with Crippen molar-refractivity contribution in [3.63, 3.8) is 0 Å². The molecule has 0 fully saturated rings. The number of halogens is 6. The maximum absolute atomic E-state index is 14.3. The molecule has 0 bridgehead atoms. The SMILES string of the molecule is CCOC(=O)C1=C(C(F)(F)F)N=c2s/c(=C\c3cc(Cl)ccc3OCc3cccc(Cl)c3)c(=O)n2[C@H]1c1ccc(Cl)cc1. The van der Waals surface area contributed by atoms with Crippen molar-refractivity contribution in [2.75, 3.05) is 6.61 Å². The first-order chi connectivity index (χ1) is 20.5. The van der Waals surface area contributed by atoms with Crippen molar-refractivity contribution in [2.24, 2.45) is 4.99 Å². The van der Waals surface area contributed by atoms with Crippen LogP contribution >= 0.6 is 46.1 Å². The molecule has 1 aliphatic heterocycles. The lowest BCUT2D eigenvalue weighted by atomic mass is 9.95. The van der Waals surface area contributed by atoms with Crippen LogP contribution in [0.1, 0.15) is 29.7 Å². The first-order valence-electron chi connectivity index (χ1n) is 12.7. The first kappa shape index (κ1) is 30.9. The number of allylic oxidation sites excluding steroid dienone is 1. The van der Waals surface area contributed by atoms with E-state index in [1.54, 1.807) is 36.4 Å². The van der Waals surface area contributed by atoms with E-state index in [1.165, 1.54) is 37.3 Å². The van der Waals surface area contributed by atoms with E-state index in [0.29, 0.717) is 26.4 Å². The van der Waals surface area contributed by atoms with Crippen LogP contribution in [0.15, 0.2) is 87.8 Å². The van der Waals surface area contributed by atoms with Gasteiger partial charge in [-0.1, -0.05) is 70.4 Å². The van der Waals surface area contributed by atoms with Gasteiger partial charge in [0.05, 0.1) is 22.8 Å². The summed E-state index contributed by atoms with van der Waals surface area (Å²) >= 11 is 19.1. The minimum atomic E-state index is -5.02. The van der Waals surface area contributed by atoms with Gasteiger partial charge in [0.2, 0.25) is 0 Å². The van der Waals surface area contributed by atoms with Gasteiger partial charge < -0.3 is 9.47 Å². The molecule has 0 radical (unpaired) electrons. The molecular weight excluding hydrogens is 648 g/mol. The smallest absolute Gasteiger partial charge is 0.434 e. The summed E-state index contributed by atoms with van der Waals surface area (Å²) in [6.07, 6.45) is -3.56. The third-order valence-electron chi connectivity index (χ3n) is 6.32. The summed E-state index contributed by atoms with van der Waals surface area (Å²) in [4.78, 5) is 30.4. The van der Waals surface area contributed by atoms with Crippen molar-refractivity contribution in [1.82, 2.24) is 4.57 Å². The van der Waals surface area contributed by atoms with Gasteiger partial charge >= 0.3 is 12.1 Å². The molecule has 0 spiro atoms. The quantitative estimate of drug-likeness (QED) is 0.202. The average Bonchev–Trinajstić information content (AvgIpc) is 3.26. The van der Waals surface area contributed by atoms with E-state index in [0.717, 1.165) is 21.5 Å². The van der Waals surface area contributed by atoms with Crippen molar-refractivity contribution < 1.29 is 27.4 Å². The minimum absolute atomic E-state index is 0.0409. The summed E-state index contributed by atoms with van der Waals surface area (Å²) < 4.78 is 55.1. The molecule has 13 heteroatoms. The molecule has 0 aliphatic carbocycles. The summed E-state index contributed by atoms with van der Waals surface area (Å²) in [6, 6.07) is 16.2. The fraction of sp³-hybridized carbons (Fsp3) is 0.167. The summed E-state index contributed by atoms with van der Waals surface area (Å²) in [5.74, 6) is -0.869. The third kappa shape index (κ3) is 6.67. The molecule has 1 aliphatic rings. The highest BCUT2D eigenvalue weighted by Gasteiger charge is 2.45. The van der Waals surface area contributed by atoms with Crippen molar-refractivity contribution >= 4 is 58.2 Å². The van der Waals surface area contributed by atoms with Crippen LogP contribution in [0.3, 0.4) is 0 Å². The Morgan fingerprint density at radius 3 is 2.40 bits per heavy atom. The number of aromatic nitrogens is 1. The highest BCUT2D eigenvalue weighted by Crippen LogP contribution is 2.38. The van der Waals surface area contributed by atoms with Crippen LogP contribution < -0.4 is 19.6 Å². The Morgan fingerprint density at radius 1 is 1.02 bits per heavy atom. The number of nitrogens with zero attached hydrogens (tertiary/aromatic N) is 2. The highest BCUT2D eigenvalue weighted by atomic mass is 35.5. The van der Waals surface area contributed by atoms with Crippen LogP contribution in [-0.2, 0) is 16.1 Å². The summed E-state index contributed by atoms with van der Waals surface area (Å²) in [5, 5.41) is 1.20. The average molecular weight is 668 g/mol. The zero-order valence-corrected chi connectivity index (χ0v) is 25.2. The molecule has 0 saturated carbocycles. The number of benzene rings is 3. The van der Waals surface area contributed by atoms with E-state index in [2.05, 4.69) is 4.99 Å². The van der Waals surface area contributed by atoms with Crippen LogP contribution in [0.4, 0.5) is 13.2 Å². The zero-order valence-electron chi connectivity index (χ0n) is 22.1. The van der Waals surface area contributed by atoms with E-state index in [4.69, 9.17) is 44.3 Å². The van der Waals surface area contributed by atoms with Crippen molar-refractivity contribution in [1.29, 1.82) is 0 Å². The Balaban J connectivity index is 1.69. The molecular formula is C30H20Cl3F3N2O4S. The number of ether oxygens (including phenoxy) is 2. The number of thiazole rings is 1. The predicted octanol–water partition coefficient (Wildman–Crippen LogP) is 6.88.